The standard InChI is InChI=1S/C30H27F4N5O5.2ClH/c1-18-26(37-28(41)36-23-9-6-21(7-10-23)30(32,33)34)24-16-22(31)8-11-25(24)39(18)29(42)44-43-27(40)20-4-2-19(3-5-20)17-38-14-12-35-13-15-38;;/h2-11,16,35H,12-15,17H2,1H3,(H2,36,37,41);2*1H. The average molecular weight is 686 g/mol. The monoisotopic (exact) mass is 685 g/mol. The number of rotatable bonds is 5. The van der Waals surface area contributed by atoms with Crippen LogP contribution in [0, 0.1) is 12.7 Å². The molecule has 3 N–H and O–H groups in total. The molecular weight excluding hydrogens is 657 g/mol. The van der Waals surface area contributed by atoms with Gasteiger partial charge in [-0.1, -0.05) is 12.1 Å². The topological polar surface area (TPSA) is 114 Å². The second kappa shape index (κ2) is 15.3. The Hall–Kier alpha value is -4.37. The van der Waals surface area contributed by atoms with Gasteiger partial charge in [0.25, 0.3) is 0 Å². The van der Waals surface area contributed by atoms with Gasteiger partial charge >= 0.3 is 24.3 Å². The predicted octanol–water partition coefficient (Wildman–Crippen LogP) is 6.76. The van der Waals surface area contributed by atoms with Crippen molar-refractivity contribution in [2.75, 3.05) is 36.8 Å². The van der Waals surface area contributed by atoms with Gasteiger partial charge in [-0.15, -0.1) is 24.8 Å². The molecule has 46 heavy (non-hydrogen) atoms. The molecule has 3 aromatic carbocycles. The van der Waals surface area contributed by atoms with E-state index in [-0.39, 0.29) is 58.3 Å². The summed E-state index contributed by atoms with van der Waals surface area (Å²) < 4.78 is 53.6. The molecule has 1 fully saturated rings. The van der Waals surface area contributed by atoms with Crippen molar-refractivity contribution in [2.45, 2.75) is 19.6 Å². The van der Waals surface area contributed by atoms with Crippen LogP contribution in [0.4, 0.5) is 38.5 Å². The van der Waals surface area contributed by atoms with Gasteiger partial charge < -0.3 is 16.0 Å². The lowest BCUT2D eigenvalue weighted by Crippen LogP contribution is -2.42. The van der Waals surface area contributed by atoms with Crippen LogP contribution >= 0.6 is 24.8 Å². The first-order valence-corrected chi connectivity index (χ1v) is 13.5. The van der Waals surface area contributed by atoms with E-state index in [0.29, 0.717) is 0 Å². The molecule has 2 amide bonds. The molecule has 0 unspecified atom stereocenters. The van der Waals surface area contributed by atoms with Gasteiger partial charge in [0.1, 0.15) is 5.82 Å². The smallest absolute Gasteiger partial charge is 0.314 e. The van der Waals surface area contributed by atoms with Gasteiger partial charge in [0, 0.05) is 43.8 Å². The van der Waals surface area contributed by atoms with E-state index < -0.39 is 35.7 Å². The summed E-state index contributed by atoms with van der Waals surface area (Å²) in [4.78, 5) is 50.2. The van der Waals surface area contributed by atoms with Crippen molar-refractivity contribution >= 4 is 65.2 Å². The Morgan fingerprint density at radius 2 is 1.54 bits per heavy atom. The third-order valence-electron chi connectivity index (χ3n) is 7.05. The summed E-state index contributed by atoms with van der Waals surface area (Å²) in [6.45, 7) is 5.82. The highest BCUT2D eigenvalue weighted by Crippen LogP contribution is 2.33. The fourth-order valence-electron chi connectivity index (χ4n) is 4.83. The molecule has 0 spiro atoms. The highest BCUT2D eigenvalue weighted by Gasteiger charge is 2.30. The lowest BCUT2D eigenvalue weighted by Gasteiger charge is -2.27. The number of alkyl halides is 3. The van der Waals surface area contributed by atoms with E-state index >= 15 is 0 Å². The molecule has 1 aromatic heterocycles. The van der Waals surface area contributed by atoms with Crippen LogP contribution in [-0.2, 0) is 22.5 Å². The number of piperazine rings is 1. The molecule has 1 aliphatic heterocycles. The van der Waals surface area contributed by atoms with Gasteiger partial charge in [-0.2, -0.15) is 13.2 Å². The van der Waals surface area contributed by atoms with Crippen LogP contribution in [0.2, 0.25) is 0 Å². The summed E-state index contributed by atoms with van der Waals surface area (Å²) in [5, 5.41) is 8.28. The number of hydrogen-bond donors (Lipinski definition) is 3. The van der Waals surface area contributed by atoms with E-state index in [9.17, 15) is 31.9 Å². The first-order valence-electron chi connectivity index (χ1n) is 13.5. The van der Waals surface area contributed by atoms with Gasteiger partial charge in [-0.25, -0.2) is 33.1 Å². The number of carbonyl (C=O) groups excluding carboxylic acids is 3. The van der Waals surface area contributed by atoms with Crippen molar-refractivity contribution in [1.82, 2.24) is 14.8 Å². The van der Waals surface area contributed by atoms with Crippen LogP contribution in [0.25, 0.3) is 10.9 Å². The maximum absolute atomic E-state index is 14.2. The SMILES string of the molecule is Cc1c(NC(=O)Nc2ccc(C(F)(F)F)cc2)c2cc(F)ccc2n1C(=O)OOC(=O)c1ccc(CN2CCNCC2)cc1.Cl.Cl. The maximum Gasteiger partial charge on any atom is 0.461 e. The Labute approximate surface area is 272 Å². The number of anilines is 2. The Morgan fingerprint density at radius 3 is 2.17 bits per heavy atom. The number of fused-ring (bicyclic) bond motifs is 1. The van der Waals surface area contributed by atoms with Gasteiger partial charge in [-0.05, 0) is 67.1 Å². The number of benzene rings is 3. The normalized spacial score (nSPS) is 13.2. The van der Waals surface area contributed by atoms with Crippen molar-refractivity contribution in [1.29, 1.82) is 0 Å². The zero-order chi connectivity index (χ0) is 31.4. The number of halogens is 6. The summed E-state index contributed by atoms with van der Waals surface area (Å²) in [7, 11) is 0. The Kier molecular flexibility index (Phi) is 12.0. The lowest BCUT2D eigenvalue weighted by atomic mass is 10.1. The van der Waals surface area contributed by atoms with Crippen molar-refractivity contribution < 1.29 is 41.7 Å². The number of nitrogens with zero attached hydrogens (tertiary/aromatic N) is 2. The van der Waals surface area contributed by atoms with E-state index in [1.54, 1.807) is 24.3 Å². The minimum absolute atomic E-state index is 0. The lowest BCUT2D eigenvalue weighted by molar-refractivity contribution is -0.182. The van der Waals surface area contributed by atoms with Gasteiger partial charge in [-0.3, -0.25) is 4.90 Å². The first kappa shape index (κ1) is 36.1. The van der Waals surface area contributed by atoms with Crippen LogP contribution in [0.1, 0.15) is 27.2 Å². The molecule has 16 heteroatoms. The fourth-order valence-corrected chi connectivity index (χ4v) is 4.83. The Balaban J connectivity index is 0.00000288. The summed E-state index contributed by atoms with van der Waals surface area (Å²) in [5.74, 6) is -1.58. The molecule has 5 rings (SSSR count). The molecule has 1 aliphatic rings. The van der Waals surface area contributed by atoms with Crippen LogP contribution in [0.3, 0.4) is 0 Å². The zero-order valence-electron chi connectivity index (χ0n) is 24.2. The second-order valence-electron chi connectivity index (χ2n) is 10.1. The summed E-state index contributed by atoms with van der Waals surface area (Å²) in [6, 6.07) is 13.0. The number of aromatic nitrogens is 1. The van der Waals surface area contributed by atoms with Gasteiger partial charge in [0.05, 0.1) is 28.0 Å². The number of amides is 2. The minimum atomic E-state index is -4.54. The zero-order valence-corrected chi connectivity index (χ0v) is 25.8. The number of carbonyl (C=O) groups is 3. The Morgan fingerprint density at radius 1 is 0.891 bits per heavy atom. The predicted molar refractivity (Wildman–Crippen MR) is 167 cm³/mol. The third-order valence-corrected chi connectivity index (χ3v) is 7.05. The second-order valence-corrected chi connectivity index (χ2v) is 10.1. The quantitative estimate of drug-likeness (QED) is 0.121. The van der Waals surface area contributed by atoms with Crippen molar-refractivity contribution in [3.05, 3.63) is 94.9 Å². The summed E-state index contributed by atoms with van der Waals surface area (Å²) in [6.07, 6.45) is -5.68. The van der Waals surface area contributed by atoms with Crippen LogP contribution < -0.4 is 16.0 Å². The van der Waals surface area contributed by atoms with Crippen LogP contribution in [0.15, 0.2) is 66.7 Å². The number of nitrogens with one attached hydrogen (secondary N) is 3. The molecule has 0 bridgehead atoms. The average Bonchev–Trinajstić information content (AvgIpc) is 3.26. The molecule has 10 nitrogen and oxygen atoms in total. The van der Waals surface area contributed by atoms with Crippen molar-refractivity contribution in [3.63, 3.8) is 0 Å². The summed E-state index contributed by atoms with van der Waals surface area (Å²) >= 11 is 0. The van der Waals surface area contributed by atoms with Gasteiger partial charge in [0.15, 0.2) is 0 Å². The van der Waals surface area contributed by atoms with E-state index in [0.717, 1.165) is 79.3 Å². The van der Waals surface area contributed by atoms with Crippen LogP contribution in [0.5, 0.6) is 0 Å². The molecule has 1 saturated heterocycles. The van der Waals surface area contributed by atoms with E-state index in [1.165, 1.54) is 13.0 Å². The largest absolute Gasteiger partial charge is 0.461 e. The molecule has 0 atom stereocenters. The first-order chi connectivity index (χ1) is 21.0. The number of urea groups is 1. The summed E-state index contributed by atoms with van der Waals surface area (Å²) in [5.41, 5.74) is 0.585. The van der Waals surface area contributed by atoms with E-state index in [1.807, 2.05) is 0 Å². The molecule has 2 heterocycles. The minimum Gasteiger partial charge on any atom is -0.314 e. The molecule has 246 valence electrons. The van der Waals surface area contributed by atoms with Crippen molar-refractivity contribution in [3.8, 4) is 0 Å². The van der Waals surface area contributed by atoms with Crippen molar-refractivity contribution in [2.24, 2.45) is 0 Å². The molecule has 4 aromatic rings. The number of hydrogen-bond acceptors (Lipinski definition) is 7. The highest BCUT2D eigenvalue weighted by molar-refractivity contribution is 6.09. The highest BCUT2D eigenvalue weighted by atomic mass is 35.5. The molecule has 0 saturated carbocycles. The van der Waals surface area contributed by atoms with E-state index in [4.69, 9.17) is 9.78 Å². The third kappa shape index (κ3) is 8.46. The molecule has 0 aliphatic carbocycles. The van der Waals surface area contributed by atoms with Crippen LogP contribution in [-0.4, -0.2) is 53.7 Å². The van der Waals surface area contributed by atoms with Gasteiger partial charge in [0.2, 0.25) is 0 Å². The maximum atomic E-state index is 14.2. The molecular formula is C30H29Cl2F4N5O5. The van der Waals surface area contributed by atoms with E-state index in [2.05, 4.69) is 20.9 Å². The molecule has 0 radical (unpaired) electrons. The Bertz CT molecular complexity index is 1690. The fraction of sp³-hybridized carbons (Fsp3) is 0.233.